The molecule has 0 aromatic rings. The predicted octanol–water partition coefficient (Wildman–Crippen LogP) is 0.981. The van der Waals surface area contributed by atoms with E-state index in [-0.39, 0.29) is 5.54 Å². The van der Waals surface area contributed by atoms with Crippen LogP contribution in [-0.2, 0) is 0 Å². The van der Waals surface area contributed by atoms with Crippen LogP contribution in [0.4, 0.5) is 0 Å². The lowest BCUT2D eigenvalue weighted by Gasteiger charge is -2.35. The average molecular weight is 153 g/mol. The van der Waals surface area contributed by atoms with Crippen LogP contribution < -0.4 is 5.73 Å². The van der Waals surface area contributed by atoms with E-state index in [9.17, 15) is 0 Å². The zero-order valence-corrected chi connectivity index (χ0v) is 7.05. The third-order valence-corrected chi connectivity index (χ3v) is 3.25. The second kappa shape index (κ2) is 2.46. The first kappa shape index (κ1) is 7.56. The Hall–Kier alpha value is -0.0800. The molecule has 2 atom stereocenters. The fourth-order valence-corrected chi connectivity index (χ4v) is 2.61. The first-order valence-corrected chi connectivity index (χ1v) is 4.55. The summed E-state index contributed by atoms with van der Waals surface area (Å²) in [7, 11) is 3.96. The summed E-state index contributed by atoms with van der Waals surface area (Å²) in [6.07, 6.45) is 5.23. The molecule has 2 rings (SSSR count). The normalized spacial score (nSPS) is 45.8. The van der Waals surface area contributed by atoms with Gasteiger partial charge in [0.1, 0.15) is 0 Å². The van der Waals surface area contributed by atoms with E-state index >= 15 is 0 Å². The van der Waals surface area contributed by atoms with Crippen LogP contribution in [-0.4, -0.2) is 23.5 Å². The van der Waals surface area contributed by atoms with Crippen molar-refractivity contribution in [3.05, 3.63) is 7.05 Å². The molecule has 64 valence electrons. The molecule has 11 heavy (non-hydrogen) atoms. The number of hydrogen-bond acceptors (Lipinski definition) is 2. The Labute approximate surface area is 68.7 Å². The number of fused-ring (bicyclic) bond motifs is 1. The Bertz CT molecular complexity index is 158. The molecule has 0 unspecified atom stereocenters. The molecule has 2 nitrogen and oxygen atoms in total. The van der Waals surface area contributed by atoms with Crippen molar-refractivity contribution in [2.75, 3.05) is 13.1 Å². The van der Waals surface area contributed by atoms with E-state index in [0.717, 1.165) is 19.0 Å². The van der Waals surface area contributed by atoms with Crippen molar-refractivity contribution < 1.29 is 0 Å². The maximum Gasteiger partial charge on any atom is 0.0299 e. The Balaban J connectivity index is 2.11. The van der Waals surface area contributed by atoms with Crippen LogP contribution >= 0.6 is 0 Å². The largest absolute Gasteiger partial charge is 0.457 e. The minimum absolute atomic E-state index is 0.125. The summed E-state index contributed by atoms with van der Waals surface area (Å²) in [6.45, 7) is 2.13. The number of rotatable bonds is 0. The van der Waals surface area contributed by atoms with Crippen LogP contribution in [0.5, 0.6) is 0 Å². The third-order valence-electron chi connectivity index (χ3n) is 3.25. The van der Waals surface area contributed by atoms with Crippen LogP contribution in [0, 0.1) is 13.0 Å². The highest BCUT2D eigenvalue weighted by Gasteiger charge is 2.41. The highest BCUT2D eigenvalue weighted by molar-refractivity contribution is 5.02. The van der Waals surface area contributed by atoms with Gasteiger partial charge < -0.3 is 10.6 Å². The van der Waals surface area contributed by atoms with Crippen LogP contribution in [0.3, 0.4) is 0 Å². The maximum absolute atomic E-state index is 6.27. The topological polar surface area (TPSA) is 29.3 Å². The molecule has 2 fully saturated rings. The van der Waals surface area contributed by atoms with E-state index in [4.69, 9.17) is 5.73 Å². The molecule has 1 aliphatic heterocycles. The summed E-state index contributed by atoms with van der Waals surface area (Å²) in [5.41, 5.74) is 6.40. The monoisotopic (exact) mass is 153 g/mol. The summed E-state index contributed by atoms with van der Waals surface area (Å²) >= 11 is 0. The van der Waals surface area contributed by atoms with Gasteiger partial charge in [0, 0.05) is 5.54 Å². The minimum Gasteiger partial charge on any atom is -0.457 e. The average Bonchev–Trinajstić information content (AvgIpc) is 2.22. The van der Waals surface area contributed by atoms with Gasteiger partial charge in [-0.2, -0.15) is 0 Å². The summed E-state index contributed by atoms with van der Waals surface area (Å²) in [6, 6.07) is 0. The molecule has 0 radical (unpaired) electrons. The van der Waals surface area contributed by atoms with Crippen molar-refractivity contribution in [2.45, 2.75) is 31.2 Å². The smallest absolute Gasteiger partial charge is 0.0299 e. The van der Waals surface area contributed by atoms with Gasteiger partial charge in [0.25, 0.3) is 0 Å². The summed E-state index contributed by atoms with van der Waals surface area (Å²) in [4.78, 5) is 2.13. The molecule has 0 amide bonds. The van der Waals surface area contributed by atoms with Crippen molar-refractivity contribution >= 4 is 0 Å². The van der Waals surface area contributed by atoms with Gasteiger partial charge in [-0.05, 0) is 31.8 Å². The predicted molar refractivity (Wildman–Crippen MR) is 45.8 cm³/mol. The molecular formula is C9H17N2-. The van der Waals surface area contributed by atoms with Crippen molar-refractivity contribution in [2.24, 2.45) is 11.7 Å². The van der Waals surface area contributed by atoms with Crippen LogP contribution in [0.1, 0.15) is 25.7 Å². The zero-order valence-electron chi connectivity index (χ0n) is 7.05. The van der Waals surface area contributed by atoms with Gasteiger partial charge in [0.2, 0.25) is 0 Å². The lowest BCUT2D eigenvalue weighted by molar-refractivity contribution is 0.247. The van der Waals surface area contributed by atoms with Crippen molar-refractivity contribution in [1.82, 2.24) is 4.90 Å². The van der Waals surface area contributed by atoms with Gasteiger partial charge in [0.15, 0.2) is 0 Å². The first-order chi connectivity index (χ1) is 5.21. The quantitative estimate of drug-likeness (QED) is 0.526. The van der Waals surface area contributed by atoms with Crippen molar-refractivity contribution in [1.29, 1.82) is 0 Å². The van der Waals surface area contributed by atoms with E-state index in [1.165, 1.54) is 25.7 Å². The zero-order chi connectivity index (χ0) is 7.90. The number of likely N-dealkylation sites (tertiary alicyclic amines) is 1. The van der Waals surface area contributed by atoms with Gasteiger partial charge in [-0.1, -0.05) is 12.8 Å². The SMILES string of the molecule is [CH2-]N1C[C@@H]2CCCC[C@]2(N)C1. The molecule has 1 aliphatic carbocycles. The second-order valence-electron chi connectivity index (χ2n) is 4.19. The summed E-state index contributed by atoms with van der Waals surface area (Å²) in [5, 5.41) is 0. The van der Waals surface area contributed by atoms with Gasteiger partial charge in [-0.3, -0.25) is 7.05 Å². The highest BCUT2D eigenvalue weighted by Crippen LogP contribution is 2.37. The molecule has 1 saturated heterocycles. The third kappa shape index (κ3) is 1.18. The van der Waals surface area contributed by atoms with Gasteiger partial charge in [-0.25, -0.2) is 0 Å². The second-order valence-corrected chi connectivity index (χ2v) is 4.19. The molecule has 2 heteroatoms. The molecule has 1 saturated carbocycles. The fraction of sp³-hybridized carbons (Fsp3) is 0.889. The van der Waals surface area contributed by atoms with Crippen LogP contribution in [0.15, 0.2) is 0 Å². The molecule has 2 N–H and O–H groups in total. The minimum atomic E-state index is 0.125. The van der Waals surface area contributed by atoms with Crippen LogP contribution in [0.25, 0.3) is 0 Å². The van der Waals surface area contributed by atoms with E-state index < -0.39 is 0 Å². The van der Waals surface area contributed by atoms with E-state index in [1.54, 1.807) is 0 Å². The van der Waals surface area contributed by atoms with Gasteiger partial charge in [0.05, 0.1) is 0 Å². The molecular weight excluding hydrogens is 136 g/mol. The standard InChI is InChI=1S/C9H17N2/c1-11-6-8-4-2-3-5-9(8,10)7-11/h8H,1-7,10H2/q-1/t8-,9-/m0/s1. The molecule has 0 aromatic heterocycles. The Morgan fingerprint density at radius 3 is 3.00 bits per heavy atom. The Morgan fingerprint density at radius 2 is 2.27 bits per heavy atom. The van der Waals surface area contributed by atoms with E-state index in [0.29, 0.717) is 0 Å². The number of nitrogens with two attached hydrogens (primary N) is 1. The van der Waals surface area contributed by atoms with E-state index in [2.05, 4.69) is 11.9 Å². The summed E-state index contributed by atoms with van der Waals surface area (Å²) < 4.78 is 0. The van der Waals surface area contributed by atoms with E-state index in [1.807, 2.05) is 0 Å². The van der Waals surface area contributed by atoms with Crippen molar-refractivity contribution in [3.63, 3.8) is 0 Å². The Kier molecular flexibility index (Phi) is 1.69. The molecule has 1 heterocycles. The molecule has 2 aliphatic rings. The first-order valence-electron chi connectivity index (χ1n) is 4.55. The summed E-state index contributed by atoms with van der Waals surface area (Å²) in [5.74, 6) is 0.730. The number of hydrogen-bond donors (Lipinski definition) is 1. The highest BCUT2D eigenvalue weighted by atomic mass is 15.2. The molecule has 0 bridgehead atoms. The molecule has 0 spiro atoms. The lowest BCUT2D eigenvalue weighted by Crippen LogP contribution is -2.49. The Morgan fingerprint density at radius 1 is 1.45 bits per heavy atom. The molecule has 0 aromatic carbocycles. The number of nitrogens with zero attached hydrogens (tertiary/aromatic N) is 1. The van der Waals surface area contributed by atoms with Crippen molar-refractivity contribution in [3.8, 4) is 0 Å². The van der Waals surface area contributed by atoms with Crippen LogP contribution in [0.2, 0.25) is 0 Å². The maximum atomic E-state index is 6.27. The van der Waals surface area contributed by atoms with Gasteiger partial charge in [-0.15, -0.1) is 0 Å². The lowest BCUT2D eigenvalue weighted by atomic mass is 9.76. The fourth-order valence-electron chi connectivity index (χ4n) is 2.61. The van der Waals surface area contributed by atoms with Gasteiger partial charge >= 0.3 is 0 Å².